The second-order valence-electron chi connectivity index (χ2n) is 12.3. The average molecular weight is 689 g/mol. The summed E-state index contributed by atoms with van der Waals surface area (Å²) in [5.74, 6) is 0.656. The Balaban J connectivity index is 0.00000221. The number of hydrogen-bond donors (Lipinski definition) is 1. The zero-order valence-corrected chi connectivity index (χ0v) is 28.6. The van der Waals surface area contributed by atoms with E-state index in [-0.39, 0.29) is 11.1 Å². The van der Waals surface area contributed by atoms with Crippen LogP contribution in [0.4, 0.5) is 20.2 Å². The lowest BCUT2D eigenvalue weighted by molar-refractivity contribution is -0.385. The highest BCUT2D eigenvalue weighted by Crippen LogP contribution is 2.28. The highest BCUT2D eigenvalue weighted by molar-refractivity contribution is 7.99. The summed E-state index contributed by atoms with van der Waals surface area (Å²) in [5.41, 5.74) is 0.0211. The molecule has 4 heterocycles. The van der Waals surface area contributed by atoms with Crippen molar-refractivity contribution < 1.29 is 23.2 Å². The third-order valence-electron chi connectivity index (χ3n) is 9.19. The standard InChI is InChI=1S/C32H40F2N6O5S.C2H6/c33-26-17-23(40(42)43)1-2-29(26)39-13-11-38(12-14-39)10-9-37-7-3-22(4-8-37)20-45-24-18-27(34)31-28(19-24)35-30(36-32(31)41)21-46-25-5-15-44-16-6-25;1-2/h1-2,17-19,22,25H,3-16,20-21H2,(H,35,36,41);1-2H3. The lowest BCUT2D eigenvalue weighted by Gasteiger charge is -2.38. The number of rotatable bonds is 11. The Bertz CT molecular complexity index is 1570. The molecule has 3 aromatic rings. The Morgan fingerprint density at radius 1 is 0.979 bits per heavy atom. The maximum Gasteiger partial charge on any atom is 0.272 e. The first-order chi connectivity index (χ1) is 23.3. The van der Waals surface area contributed by atoms with E-state index in [9.17, 15) is 23.7 Å². The number of fused-ring (bicyclic) bond motifs is 1. The number of nitro groups is 1. The molecule has 11 nitrogen and oxygen atoms in total. The summed E-state index contributed by atoms with van der Waals surface area (Å²) in [6.07, 6.45) is 3.91. The molecule has 0 unspecified atom stereocenters. The van der Waals surface area contributed by atoms with Gasteiger partial charge in [-0.2, -0.15) is 11.8 Å². The van der Waals surface area contributed by atoms with Crippen LogP contribution in [0.2, 0.25) is 0 Å². The number of nitro benzene ring substituents is 1. The Kier molecular flexibility index (Phi) is 13.0. The number of aromatic amines is 1. The highest BCUT2D eigenvalue weighted by Gasteiger charge is 2.24. The fraction of sp³-hybridized carbons (Fsp3) is 0.588. The first kappa shape index (κ1) is 36.0. The largest absolute Gasteiger partial charge is 0.493 e. The third kappa shape index (κ3) is 9.42. The van der Waals surface area contributed by atoms with Crippen molar-refractivity contribution in [2.45, 2.75) is 50.5 Å². The Labute approximate surface area is 284 Å². The molecule has 2 aromatic carbocycles. The summed E-state index contributed by atoms with van der Waals surface area (Å²) in [6.45, 7) is 12.7. The number of nitrogens with zero attached hydrogens (tertiary/aromatic N) is 5. The number of nitrogens with one attached hydrogen (secondary N) is 1. The molecule has 0 saturated carbocycles. The summed E-state index contributed by atoms with van der Waals surface area (Å²) < 4.78 is 40.8. The van der Waals surface area contributed by atoms with E-state index in [0.717, 1.165) is 84.2 Å². The van der Waals surface area contributed by atoms with Crippen LogP contribution in [0, 0.1) is 27.7 Å². The van der Waals surface area contributed by atoms with Crippen LogP contribution in [0.15, 0.2) is 35.1 Å². The smallest absolute Gasteiger partial charge is 0.272 e. The van der Waals surface area contributed by atoms with Gasteiger partial charge in [0.1, 0.15) is 22.8 Å². The van der Waals surface area contributed by atoms with Gasteiger partial charge in [0, 0.05) is 75.9 Å². The minimum atomic E-state index is -0.626. The quantitative estimate of drug-likeness (QED) is 0.206. The van der Waals surface area contributed by atoms with Crippen LogP contribution in [0.25, 0.3) is 10.9 Å². The van der Waals surface area contributed by atoms with Crippen LogP contribution >= 0.6 is 11.8 Å². The van der Waals surface area contributed by atoms with Crippen LogP contribution < -0.4 is 15.2 Å². The van der Waals surface area contributed by atoms with Crippen molar-refractivity contribution in [3.8, 4) is 5.75 Å². The van der Waals surface area contributed by atoms with Crippen molar-refractivity contribution in [3.63, 3.8) is 0 Å². The summed E-state index contributed by atoms with van der Waals surface area (Å²) in [5, 5.41) is 11.3. The second-order valence-corrected chi connectivity index (χ2v) is 13.5. The van der Waals surface area contributed by atoms with E-state index in [2.05, 4.69) is 19.8 Å². The van der Waals surface area contributed by atoms with Gasteiger partial charge in [-0.25, -0.2) is 13.8 Å². The van der Waals surface area contributed by atoms with Gasteiger partial charge in [-0.05, 0) is 50.8 Å². The molecule has 3 saturated heterocycles. The zero-order valence-electron chi connectivity index (χ0n) is 27.8. The molecule has 0 atom stereocenters. The van der Waals surface area contributed by atoms with Crippen molar-refractivity contribution in [3.05, 3.63) is 68.3 Å². The maximum atomic E-state index is 14.9. The summed E-state index contributed by atoms with van der Waals surface area (Å²) in [4.78, 5) is 37.0. The second kappa shape index (κ2) is 17.4. The third-order valence-corrected chi connectivity index (χ3v) is 10.6. The van der Waals surface area contributed by atoms with Gasteiger partial charge >= 0.3 is 0 Å². The number of thioether (sulfide) groups is 1. The predicted molar refractivity (Wildman–Crippen MR) is 185 cm³/mol. The van der Waals surface area contributed by atoms with Crippen molar-refractivity contribution in [1.82, 2.24) is 19.8 Å². The van der Waals surface area contributed by atoms with Crippen LogP contribution in [0.3, 0.4) is 0 Å². The van der Waals surface area contributed by atoms with Crippen LogP contribution in [0.5, 0.6) is 5.75 Å². The average Bonchev–Trinajstić information content (AvgIpc) is 3.10. The monoisotopic (exact) mass is 688 g/mol. The number of ether oxygens (including phenoxy) is 2. The van der Waals surface area contributed by atoms with Crippen LogP contribution in [-0.4, -0.2) is 102 Å². The van der Waals surface area contributed by atoms with Crippen molar-refractivity contribution >= 4 is 34.0 Å². The molecule has 0 bridgehead atoms. The number of non-ortho nitro benzene ring substituents is 1. The van der Waals surface area contributed by atoms with Crippen molar-refractivity contribution in [2.24, 2.45) is 5.92 Å². The van der Waals surface area contributed by atoms with Gasteiger partial charge in [0.2, 0.25) is 0 Å². The van der Waals surface area contributed by atoms with E-state index in [4.69, 9.17) is 9.47 Å². The molecule has 262 valence electrons. The molecule has 1 aromatic heterocycles. The Morgan fingerprint density at radius 3 is 2.33 bits per heavy atom. The molecule has 0 radical (unpaired) electrons. The number of piperidine rings is 1. The first-order valence-electron chi connectivity index (χ1n) is 17.0. The Hall–Kier alpha value is -3.33. The van der Waals surface area contributed by atoms with Crippen LogP contribution in [-0.2, 0) is 10.5 Å². The lowest BCUT2D eigenvalue weighted by Crippen LogP contribution is -2.49. The van der Waals surface area contributed by atoms with Gasteiger partial charge in [-0.15, -0.1) is 0 Å². The molecule has 48 heavy (non-hydrogen) atoms. The van der Waals surface area contributed by atoms with Gasteiger partial charge < -0.3 is 24.3 Å². The lowest BCUT2D eigenvalue weighted by atomic mass is 9.98. The number of aromatic nitrogens is 2. The minimum absolute atomic E-state index is 0.0413. The van der Waals surface area contributed by atoms with E-state index >= 15 is 0 Å². The van der Waals surface area contributed by atoms with Gasteiger partial charge in [0.15, 0.2) is 5.82 Å². The number of benzene rings is 2. The van der Waals surface area contributed by atoms with E-state index in [0.29, 0.717) is 59.4 Å². The molecule has 0 aliphatic carbocycles. The van der Waals surface area contributed by atoms with Gasteiger partial charge in [-0.1, -0.05) is 13.8 Å². The normalized spacial score (nSPS) is 18.5. The van der Waals surface area contributed by atoms with E-state index in [1.807, 2.05) is 18.7 Å². The van der Waals surface area contributed by atoms with E-state index in [1.54, 1.807) is 17.8 Å². The summed E-state index contributed by atoms with van der Waals surface area (Å²) >= 11 is 1.74. The molecule has 3 aliphatic rings. The molecule has 3 fully saturated rings. The molecule has 0 amide bonds. The number of hydrogen-bond acceptors (Lipinski definition) is 10. The molecular weight excluding hydrogens is 642 g/mol. The topological polar surface area (TPSA) is 117 Å². The van der Waals surface area contributed by atoms with Gasteiger partial charge in [-0.3, -0.25) is 19.8 Å². The number of piperazine rings is 1. The zero-order chi connectivity index (χ0) is 34.0. The maximum absolute atomic E-state index is 14.9. The molecular formula is C34H46F2N6O5S. The van der Waals surface area contributed by atoms with E-state index in [1.165, 1.54) is 18.2 Å². The number of likely N-dealkylation sites (tertiary alicyclic amines) is 1. The van der Waals surface area contributed by atoms with Gasteiger partial charge in [0.05, 0.1) is 34.6 Å². The molecule has 0 spiro atoms. The fourth-order valence-corrected chi connectivity index (χ4v) is 7.45. The van der Waals surface area contributed by atoms with Crippen molar-refractivity contribution in [1.29, 1.82) is 0 Å². The predicted octanol–water partition coefficient (Wildman–Crippen LogP) is 5.46. The number of anilines is 1. The number of H-pyrrole nitrogens is 1. The molecule has 14 heteroatoms. The summed E-state index contributed by atoms with van der Waals surface area (Å²) in [7, 11) is 0. The first-order valence-corrected chi connectivity index (χ1v) is 18.1. The molecule has 3 aliphatic heterocycles. The molecule has 1 N–H and O–H groups in total. The number of halogens is 2. The molecule has 6 rings (SSSR count). The SMILES string of the molecule is CC.O=c1[nH]c(CSC2CCOCC2)nc2cc(OCC3CCN(CCN4CCN(c5ccc([N+](=O)[O-])cc5F)CC4)CC3)cc(F)c12. The van der Waals surface area contributed by atoms with Gasteiger partial charge in [0.25, 0.3) is 11.2 Å². The fourth-order valence-electron chi connectivity index (χ4n) is 6.39. The van der Waals surface area contributed by atoms with E-state index < -0.39 is 22.1 Å². The highest BCUT2D eigenvalue weighted by atomic mass is 32.2. The minimum Gasteiger partial charge on any atom is -0.493 e. The van der Waals surface area contributed by atoms with Crippen molar-refractivity contribution in [2.75, 3.05) is 77.1 Å². The summed E-state index contributed by atoms with van der Waals surface area (Å²) in [6, 6.07) is 6.78. The van der Waals surface area contributed by atoms with Crippen LogP contribution in [0.1, 0.15) is 45.4 Å². The Morgan fingerprint density at radius 2 is 1.67 bits per heavy atom.